The molecule has 1 atom stereocenters. The number of Topliss-reactive ketones (excluding diaryl/α,β-unsaturated/α-hetero) is 2. The molecule has 0 saturated heterocycles. The number of ether oxygens (including phenoxy) is 2. The summed E-state index contributed by atoms with van der Waals surface area (Å²) < 4.78 is 29.4. The number of benzene rings is 3. The summed E-state index contributed by atoms with van der Waals surface area (Å²) in [7, 11) is 2.70. The first-order valence-electron chi connectivity index (χ1n) is 12.8. The average Bonchev–Trinajstić information content (AvgIpc) is 2.99. The van der Waals surface area contributed by atoms with E-state index in [1.165, 1.54) is 26.4 Å². The number of methoxy groups -OCH3 is 2. The van der Waals surface area contributed by atoms with Crippen molar-refractivity contribution in [1.29, 1.82) is 0 Å². The van der Waals surface area contributed by atoms with Crippen molar-refractivity contribution < 1.29 is 36.5 Å². The van der Waals surface area contributed by atoms with E-state index in [1.807, 2.05) is 0 Å². The molecule has 8 nitrogen and oxygen atoms in total. The summed E-state index contributed by atoms with van der Waals surface area (Å²) in [5, 5.41) is 0.994. The molecule has 0 amide bonds. The van der Waals surface area contributed by atoms with E-state index >= 15 is 0 Å². The van der Waals surface area contributed by atoms with Crippen LogP contribution in [0.15, 0.2) is 77.6 Å². The highest BCUT2D eigenvalue weighted by atomic mass is 16.5. The molecule has 3 aromatic carbocycles. The number of carbonyl (C=O) groups excluding carboxylic acids is 4. The molecule has 3 aromatic rings. The van der Waals surface area contributed by atoms with Crippen molar-refractivity contribution >= 4 is 40.2 Å². The van der Waals surface area contributed by atoms with Crippen LogP contribution in [0.3, 0.4) is 0 Å². The van der Waals surface area contributed by atoms with Crippen LogP contribution in [0.2, 0.25) is 2.82 Å². The number of allylic oxidation sites excluding steroid dienone is 1. The number of rotatable bonds is 2. The third-order valence-corrected chi connectivity index (χ3v) is 7.30. The van der Waals surface area contributed by atoms with Gasteiger partial charge in [0.1, 0.15) is 28.8 Å². The number of hydrogen-bond donors (Lipinski definition) is 2. The molecule has 4 aliphatic rings. The highest BCUT2D eigenvalue weighted by molar-refractivity contribution is 6.34. The summed E-state index contributed by atoms with van der Waals surface area (Å²) in [5.74, 6) is -1.69. The topological polar surface area (TPSA) is 113 Å². The van der Waals surface area contributed by atoms with Gasteiger partial charge in [0.2, 0.25) is 17.2 Å². The molecule has 38 heavy (non-hydrogen) atoms. The molecule has 0 spiro atoms. The van der Waals surface area contributed by atoms with Crippen LogP contribution in [0.4, 0.5) is 11.4 Å². The smallest absolute Gasteiger partial charge is 0.454 e. The summed E-state index contributed by atoms with van der Waals surface area (Å²) >= 11 is 0. The van der Waals surface area contributed by atoms with Gasteiger partial charge in [-0.2, -0.15) is 0 Å². The zero-order valence-corrected chi connectivity index (χ0v) is 20.2. The predicted molar refractivity (Wildman–Crippen MR) is 137 cm³/mol. The van der Waals surface area contributed by atoms with Crippen LogP contribution in [0.1, 0.15) is 52.6 Å². The van der Waals surface area contributed by atoms with Gasteiger partial charge >= 0.3 is 1.41 Å². The number of ketones is 4. The second-order valence-electron chi connectivity index (χ2n) is 9.17. The van der Waals surface area contributed by atoms with E-state index < -0.39 is 29.2 Å². The maximum absolute atomic E-state index is 13.8. The second kappa shape index (κ2) is 7.69. The lowest BCUT2D eigenvalue weighted by Gasteiger charge is -2.32. The van der Waals surface area contributed by atoms with Crippen molar-refractivity contribution in [2.24, 2.45) is 0 Å². The molecule has 0 saturated carbocycles. The van der Waals surface area contributed by atoms with Gasteiger partial charge in [-0.05, 0) is 0 Å². The molecule has 2 N–H and O–H groups in total. The first kappa shape index (κ1) is 20.0. The van der Waals surface area contributed by atoms with Gasteiger partial charge in [-0.25, -0.2) is 4.99 Å². The van der Waals surface area contributed by atoms with E-state index in [2.05, 4.69) is 0 Å². The van der Waals surface area contributed by atoms with E-state index in [-0.39, 0.29) is 73.1 Å². The lowest BCUT2D eigenvalue weighted by Crippen LogP contribution is -2.74. The first-order chi connectivity index (χ1) is 19.3. The SMILES string of the molecule is [2H]N1c2cc(OC)c3c(c2[N+]([2H])=C2C=C(OC)C4=C(C(=O)c5ccccc5C4=O)C21)C(=O)c1ccccc1C3=O. The number of fused-ring (bicyclic) bond motifs is 7. The third kappa shape index (κ3) is 2.71. The lowest BCUT2D eigenvalue weighted by molar-refractivity contribution is -0.355. The van der Waals surface area contributed by atoms with Crippen LogP contribution in [0.25, 0.3) is 0 Å². The molecule has 0 radical (unpaired) electrons. The molecule has 7 rings (SSSR count). The molecule has 0 fully saturated rings. The standard InChI is InChI=1S/C30H18N2O6/c1-37-19-11-17-25(23-21(19)27(33)13-7-3-5-9-15(13)29(23)35)32-18-12-20(38-2)22-24(26(18)31-17)30(36)16-10-6-4-8-14(16)28(22)34/h3-12,25,32H,1-2H3/p+1/i/hD2. The maximum atomic E-state index is 13.8. The van der Waals surface area contributed by atoms with E-state index in [1.54, 1.807) is 48.5 Å². The number of nitrogens with one attached hydrogen (secondary N) is 2. The Balaban J connectivity index is 1.53. The molecule has 8 heteroatoms. The van der Waals surface area contributed by atoms with Gasteiger partial charge in [0.15, 0.2) is 18.8 Å². The van der Waals surface area contributed by atoms with Crippen molar-refractivity contribution in [3.63, 3.8) is 0 Å². The zero-order valence-electron chi connectivity index (χ0n) is 22.2. The van der Waals surface area contributed by atoms with E-state index in [0.29, 0.717) is 0 Å². The Morgan fingerprint density at radius 2 is 1.39 bits per heavy atom. The van der Waals surface area contributed by atoms with Gasteiger partial charge in [0.05, 0.1) is 31.4 Å². The Hall–Kier alpha value is -5.11. The van der Waals surface area contributed by atoms with Crippen LogP contribution in [0.5, 0.6) is 5.75 Å². The molecular formula is C30H19N2O6+. The minimum absolute atomic E-state index is 0.000357. The summed E-state index contributed by atoms with van der Waals surface area (Å²) in [4.78, 5) is 55.8. The largest absolute Gasteiger partial charge is 0.496 e. The molecule has 1 heterocycles. The minimum Gasteiger partial charge on any atom is -0.496 e. The average molecular weight is 506 g/mol. The molecule has 1 aliphatic heterocycles. The van der Waals surface area contributed by atoms with Gasteiger partial charge in [-0.15, -0.1) is 0 Å². The summed E-state index contributed by atoms with van der Waals surface area (Å²) in [6.45, 7) is 0. The summed E-state index contributed by atoms with van der Waals surface area (Å²) in [5.41, 5.74) is 0.960. The number of anilines is 1. The predicted octanol–water partition coefficient (Wildman–Crippen LogP) is 2.34. The monoisotopic (exact) mass is 505 g/mol. The van der Waals surface area contributed by atoms with Crippen LogP contribution < -0.4 is 15.0 Å². The highest BCUT2D eigenvalue weighted by Gasteiger charge is 2.48. The fraction of sp³-hybridized carbons (Fsp3) is 0.100. The van der Waals surface area contributed by atoms with Crippen molar-refractivity contribution in [2.45, 2.75) is 6.04 Å². The molecule has 3 aliphatic carbocycles. The fourth-order valence-electron chi connectivity index (χ4n) is 5.59. The van der Waals surface area contributed by atoms with Crippen LogP contribution in [0, 0.1) is 0 Å². The Morgan fingerprint density at radius 1 is 0.816 bits per heavy atom. The zero-order chi connectivity index (χ0) is 28.0. The van der Waals surface area contributed by atoms with E-state index in [0.717, 1.165) is 10.3 Å². The van der Waals surface area contributed by atoms with E-state index in [4.69, 9.17) is 9.47 Å². The van der Waals surface area contributed by atoms with E-state index in [9.17, 15) is 22.0 Å². The van der Waals surface area contributed by atoms with Gasteiger partial charge in [-0.3, -0.25) is 19.2 Å². The number of hydrogen-bond acceptors (Lipinski definition) is 7. The molecule has 0 bridgehead atoms. The first-order valence-corrected chi connectivity index (χ1v) is 11.9. The van der Waals surface area contributed by atoms with Crippen molar-refractivity contribution in [1.82, 2.24) is 0 Å². The third-order valence-electron chi connectivity index (χ3n) is 7.30. The summed E-state index contributed by atoms with van der Waals surface area (Å²) in [6.07, 6.45) is 1.43. The maximum Gasteiger partial charge on any atom is 0.454 e. The van der Waals surface area contributed by atoms with Gasteiger partial charge in [0, 0.05) is 33.9 Å². The van der Waals surface area contributed by atoms with Crippen molar-refractivity contribution in [3.8, 4) is 5.75 Å². The lowest BCUT2D eigenvalue weighted by atomic mass is 9.75. The Labute approximate surface area is 219 Å². The minimum atomic E-state index is -1.17. The van der Waals surface area contributed by atoms with Crippen LogP contribution in [-0.2, 0) is 4.74 Å². The molecular weight excluding hydrogens is 484 g/mol. The van der Waals surface area contributed by atoms with Crippen molar-refractivity contribution in [3.05, 3.63) is 111 Å². The highest BCUT2D eigenvalue weighted by Crippen LogP contribution is 2.43. The molecule has 1 unspecified atom stereocenters. The normalized spacial score (nSPS) is 19.9. The van der Waals surface area contributed by atoms with Crippen molar-refractivity contribution in [2.75, 3.05) is 19.5 Å². The Kier molecular flexibility index (Phi) is 4.05. The Morgan fingerprint density at radius 3 is 2.00 bits per heavy atom. The van der Waals surface area contributed by atoms with Gasteiger partial charge in [-0.1, -0.05) is 48.5 Å². The summed E-state index contributed by atoms with van der Waals surface area (Å²) in [6, 6.07) is 13.1. The van der Waals surface area contributed by atoms with Gasteiger partial charge < -0.3 is 14.8 Å². The molecule has 184 valence electrons. The van der Waals surface area contributed by atoms with Crippen LogP contribution in [-0.4, -0.2) is 49.1 Å². The molecule has 0 aromatic heterocycles. The second-order valence-corrected chi connectivity index (χ2v) is 9.17. The van der Waals surface area contributed by atoms with Gasteiger partial charge in [0.25, 0.3) is 0 Å². The van der Waals surface area contributed by atoms with Crippen LogP contribution >= 0.6 is 0 Å². The quantitative estimate of drug-likeness (QED) is 0.430. The fourth-order valence-corrected chi connectivity index (χ4v) is 5.59. The Bertz CT molecular complexity index is 1890. The number of carbonyl (C=O) groups is 4.